The lowest BCUT2D eigenvalue weighted by atomic mass is 9.88. The Morgan fingerprint density at radius 1 is 0.652 bits per heavy atom. The summed E-state index contributed by atoms with van der Waals surface area (Å²) in [6.07, 6.45) is -0.639. The molecule has 2 aliphatic rings. The smallest absolute Gasteiger partial charge is 0.336 e. The molecule has 0 radical (unpaired) electrons. The maximum atomic E-state index is 13.4. The van der Waals surface area contributed by atoms with Crippen LogP contribution in [0.2, 0.25) is 0 Å². The molecule has 0 fully saturated rings. The van der Waals surface area contributed by atoms with E-state index in [-0.39, 0.29) is 49.7 Å². The van der Waals surface area contributed by atoms with Crippen LogP contribution in [0.4, 0.5) is 5.69 Å². The third-order valence-corrected chi connectivity index (χ3v) is 12.2. The minimum atomic E-state index is -5.19. The molecule has 66 heavy (non-hydrogen) atoms. The number of aromatic carboxylic acids is 1. The highest BCUT2D eigenvalue weighted by molar-refractivity contribution is 7.86. The van der Waals surface area contributed by atoms with Gasteiger partial charge in [0.2, 0.25) is 29.5 Å². The molecule has 3 aromatic carbocycles. The number of carbonyl (C=O) groups is 6. The second-order valence-corrected chi connectivity index (χ2v) is 19.6. The fourth-order valence-corrected chi connectivity index (χ4v) is 8.87. The van der Waals surface area contributed by atoms with Gasteiger partial charge in [-0.1, -0.05) is 18.2 Å². The maximum absolute atomic E-state index is 13.4. The Bertz CT molecular complexity index is 2950. The minimum absolute atomic E-state index is 0.00227. The van der Waals surface area contributed by atoms with Crippen LogP contribution in [0.15, 0.2) is 53.5 Å². The Hall–Kier alpha value is -6.52. The number of anilines is 1. The molecule has 27 heteroatoms. The van der Waals surface area contributed by atoms with Crippen LogP contribution in [0.1, 0.15) is 45.5 Å². The van der Waals surface area contributed by atoms with Crippen molar-refractivity contribution in [2.24, 2.45) is 4.99 Å². The molecule has 0 saturated carbocycles. The Balaban J connectivity index is 1.55. The summed E-state index contributed by atoms with van der Waals surface area (Å²) in [5.74, 6) is -11.3. The number of benzene rings is 3. The van der Waals surface area contributed by atoms with Crippen molar-refractivity contribution >= 4 is 77.1 Å². The molecule has 4 bridgehead atoms. The van der Waals surface area contributed by atoms with Crippen LogP contribution in [-0.2, 0) is 54.3 Å². The van der Waals surface area contributed by atoms with Crippen LogP contribution in [0.25, 0.3) is 5.57 Å². The second kappa shape index (κ2) is 20.8. The fourth-order valence-electron chi connectivity index (χ4n) is 6.91. The predicted molar refractivity (Wildman–Crippen MR) is 232 cm³/mol. The molecule has 3 aromatic rings. The number of carboxylic acid groups (broad SMARTS) is 1. The molecule has 24 nitrogen and oxygen atoms in total. The van der Waals surface area contributed by atoms with E-state index in [1.165, 1.54) is 6.07 Å². The third kappa shape index (κ3) is 14.0. The zero-order valence-electron chi connectivity index (χ0n) is 35.0. The molecule has 5 rings (SSSR count). The number of amides is 5. The lowest BCUT2D eigenvalue weighted by Gasteiger charge is -2.25. The first-order valence-corrected chi connectivity index (χ1v) is 24.5. The number of aryl methyl sites for hydroxylation is 2. The quantitative estimate of drug-likeness (QED) is 0.0818. The fraction of sp³-hybridized carbons (Fsp3) is 0.359. The predicted octanol–water partition coefficient (Wildman–Crippen LogP) is -2.47. The molecule has 356 valence electrons. The van der Waals surface area contributed by atoms with E-state index in [2.05, 4.69) is 26.3 Å². The molecule has 5 amide bonds. The first kappa shape index (κ1) is 50.5. The summed E-state index contributed by atoms with van der Waals surface area (Å²) in [5, 5.41) is 24.6. The van der Waals surface area contributed by atoms with E-state index in [9.17, 15) is 72.8 Å². The van der Waals surface area contributed by atoms with Gasteiger partial charge in [-0.2, -0.15) is 25.3 Å². The van der Waals surface area contributed by atoms with E-state index < -0.39 is 108 Å². The summed E-state index contributed by atoms with van der Waals surface area (Å²) in [7, 11) is -15.3. The van der Waals surface area contributed by atoms with E-state index in [0.29, 0.717) is 44.1 Å². The molecular formula is C39H45N7O17S3. The highest BCUT2D eigenvalue weighted by atomic mass is 32.2. The SMILES string of the molecule is Cc1cc2c3cc1NCCC(=O)NC(CS(=O)(=O)O)C(=O)NC(CS(=O)(=O)O)C(=O)NC(CS(=O)(=O)O)C(=O)NCCNC(=O)CC/N=c1\cc(c(cc1C)=C2c1ccccc1C(=O)O)O3. The summed E-state index contributed by atoms with van der Waals surface area (Å²) in [6.45, 7) is 2.62. The Morgan fingerprint density at radius 2 is 1.23 bits per heavy atom. The molecule has 10 N–H and O–H groups in total. The highest BCUT2D eigenvalue weighted by Crippen LogP contribution is 2.40. The first-order valence-electron chi connectivity index (χ1n) is 19.7. The molecule has 0 saturated heterocycles. The molecule has 0 aromatic heterocycles. The van der Waals surface area contributed by atoms with Crippen LogP contribution in [0, 0.1) is 13.8 Å². The van der Waals surface area contributed by atoms with Crippen molar-refractivity contribution in [1.29, 1.82) is 0 Å². The molecule has 2 aliphatic heterocycles. The minimum Gasteiger partial charge on any atom is -0.478 e. The average Bonchev–Trinajstić information content (AvgIpc) is 3.19. The Kier molecular flexibility index (Phi) is 15.9. The summed E-state index contributed by atoms with van der Waals surface area (Å²) in [5.41, 5.74) is 3.07. The number of nitrogens with zero attached hydrogens (tertiary/aromatic N) is 1. The largest absolute Gasteiger partial charge is 0.478 e. The molecule has 3 atom stereocenters. The molecule has 0 spiro atoms. The topological polar surface area (TPSA) is 380 Å². The zero-order chi connectivity index (χ0) is 48.7. The van der Waals surface area contributed by atoms with E-state index in [1.54, 1.807) is 61.6 Å². The van der Waals surface area contributed by atoms with Gasteiger partial charge in [0, 0.05) is 73.2 Å². The standard InChI is InChI=1S/C39H45N7O17S3/c1-20-13-24-31-15-26(20)40-9-7-33(47)42-11-12-43-36(49)28(17-64(54,55)56)45-38(51)30(19-66(60,61)62)46-37(50)29(18-65(57,58)59)44-34(48)8-10-41-27-16-32(63-31)25(14-21(27)2)35(24)22-5-3-4-6-23(22)39(52)53/h3-6,13-16,28-30,41H,7-12,17-19H2,1-2H3,(H,42,47)(H,43,49)(H,44,48)(H,45,51)(H,46,50)(H,52,53)(H,54,55,56)(H,57,58,59)(H,60,61,62)/b40-26+. The van der Waals surface area contributed by atoms with Crippen molar-refractivity contribution in [3.8, 4) is 11.5 Å². The molecular weight excluding hydrogens is 935 g/mol. The van der Waals surface area contributed by atoms with Crippen LogP contribution >= 0.6 is 0 Å². The number of hydrogen-bond donors (Lipinski definition) is 10. The van der Waals surface area contributed by atoms with Gasteiger partial charge in [-0.05, 0) is 48.7 Å². The number of hydrogen-bond acceptors (Lipinski definition) is 15. The highest BCUT2D eigenvalue weighted by Gasteiger charge is 2.35. The number of rotatable bonds is 8. The van der Waals surface area contributed by atoms with Crippen molar-refractivity contribution in [3.05, 3.63) is 86.9 Å². The number of ether oxygens (including phenoxy) is 1. The van der Waals surface area contributed by atoms with Gasteiger partial charge in [0.1, 0.15) is 46.9 Å². The molecule has 3 unspecified atom stereocenters. The van der Waals surface area contributed by atoms with Crippen molar-refractivity contribution in [2.45, 2.75) is 44.8 Å². The Labute approximate surface area is 376 Å². The number of fused-ring (bicyclic) bond motifs is 2. The number of nitrogens with one attached hydrogen (secondary N) is 6. The number of carbonyl (C=O) groups excluding carboxylic acids is 5. The maximum Gasteiger partial charge on any atom is 0.336 e. The van der Waals surface area contributed by atoms with Crippen LogP contribution < -0.4 is 47.2 Å². The first-order chi connectivity index (χ1) is 30.8. The average molecular weight is 980 g/mol. The van der Waals surface area contributed by atoms with Crippen LogP contribution in [0.5, 0.6) is 11.5 Å². The lowest BCUT2D eigenvalue weighted by molar-refractivity contribution is -0.132. The molecule has 0 aliphatic carbocycles. The molecule has 2 heterocycles. The van der Waals surface area contributed by atoms with Gasteiger partial charge in [0.15, 0.2) is 0 Å². The van der Waals surface area contributed by atoms with E-state index in [4.69, 9.17) is 4.74 Å². The monoisotopic (exact) mass is 979 g/mol. The summed E-state index contributed by atoms with van der Waals surface area (Å²) >= 11 is 0. The van der Waals surface area contributed by atoms with Gasteiger partial charge < -0.3 is 41.7 Å². The third-order valence-electron chi connectivity index (χ3n) is 9.89. The summed E-state index contributed by atoms with van der Waals surface area (Å²) in [4.78, 5) is 82.6. The van der Waals surface area contributed by atoms with E-state index in [0.717, 1.165) is 0 Å². The van der Waals surface area contributed by atoms with Crippen molar-refractivity contribution in [1.82, 2.24) is 26.6 Å². The van der Waals surface area contributed by atoms with Crippen molar-refractivity contribution < 1.29 is 77.5 Å². The van der Waals surface area contributed by atoms with Gasteiger partial charge >= 0.3 is 5.97 Å². The van der Waals surface area contributed by atoms with Gasteiger partial charge in [-0.15, -0.1) is 0 Å². The summed E-state index contributed by atoms with van der Waals surface area (Å²) < 4.78 is 106. The second-order valence-electron chi connectivity index (χ2n) is 15.1. The van der Waals surface area contributed by atoms with E-state index in [1.807, 2.05) is 5.32 Å². The van der Waals surface area contributed by atoms with Crippen LogP contribution in [0.3, 0.4) is 0 Å². The van der Waals surface area contributed by atoms with Crippen molar-refractivity contribution in [3.63, 3.8) is 0 Å². The van der Waals surface area contributed by atoms with Gasteiger partial charge in [-0.3, -0.25) is 42.6 Å². The Morgan fingerprint density at radius 3 is 1.83 bits per heavy atom. The normalized spacial score (nSPS) is 20.1. The van der Waals surface area contributed by atoms with Gasteiger partial charge in [0.25, 0.3) is 30.4 Å². The van der Waals surface area contributed by atoms with E-state index >= 15 is 0 Å². The van der Waals surface area contributed by atoms with Gasteiger partial charge in [-0.25, -0.2) is 4.79 Å². The van der Waals surface area contributed by atoms with Crippen LogP contribution in [-0.4, -0.2) is 141 Å². The zero-order valence-corrected chi connectivity index (χ0v) is 37.4. The number of carboxylic acids is 1. The summed E-state index contributed by atoms with van der Waals surface area (Å²) in [6, 6.07) is 6.30. The van der Waals surface area contributed by atoms with Crippen molar-refractivity contribution in [2.75, 3.05) is 48.8 Å². The lowest BCUT2D eigenvalue weighted by Crippen LogP contribution is -2.60. The van der Waals surface area contributed by atoms with Gasteiger partial charge in [0.05, 0.1) is 10.9 Å².